The van der Waals surface area contributed by atoms with Crippen LogP contribution in [0, 0.1) is 5.41 Å². The van der Waals surface area contributed by atoms with Crippen molar-refractivity contribution in [3.63, 3.8) is 0 Å². The number of amidine groups is 1. The summed E-state index contributed by atoms with van der Waals surface area (Å²) in [5, 5.41) is 17.6. The van der Waals surface area contributed by atoms with E-state index in [1.165, 1.54) is 0 Å². The molecule has 4 N–H and O–H groups in total. The predicted octanol–water partition coefficient (Wildman–Crippen LogP) is 1.33. The second-order valence-electron chi connectivity index (χ2n) is 5.76. The van der Waals surface area contributed by atoms with E-state index in [4.69, 9.17) is 15.9 Å². The lowest BCUT2D eigenvalue weighted by atomic mass is 9.95. The number of benzene rings is 1. The summed E-state index contributed by atoms with van der Waals surface area (Å²) >= 11 is 0. The highest BCUT2D eigenvalue weighted by Gasteiger charge is 2.28. The molecule has 0 aromatic heterocycles. The van der Waals surface area contributed by atoms with Crippen molar-refractivity contribution in [3.05, 3.63) is 29.3 Å². The molecule has 1 heterocycles. The molecule has 0 spiro atoms. The van der Waals surface area contributed by atoms with Gasteiger partial charge in [-0.05, 0) is 44.0 Å². The summed E-state index contributed by atoms with van der Waals surface area (Å²) in [5.74, 6) is 0.632. The first-order valence-corrected chi connectivity index (χ1v) is 6.87. The monoisotopic (exact) mass is 277 g/mol. The second-order valence-corrected chi connectivity index (χ2v) is 5.76. The maximum atomic E-state index is 10.1. The van der Waals surface area contributed by atoms with Gasteiger partial charge >= 0.3 is 0 Å². The lowest BCUT2D eigenvalue weighted by Crippen LogP contribution is -2.45. The van der Waals surface area contributed by atoms with Gasteiger partial charge in [-0.2, -0.15) is 0 Å². The lowest BCUT2D eigenvalue weighted by molar-refractivity contribution is -0.0181. The Morgan fingerprint density at radius 3 is 2.90 bits per heavy atom. The van der Waals surface area contributed by atoms with Gasteiger partial charge in [0.2, 0.25) is 0 Å². The summed E-state index contributed by atoms with van der Waals surface area (Å²) in [6, 6.07) is 5.70. The number of rotatable bonds is 4. The number of β-amino-alcohol motifs (C(OH)–C–C–N with tert-alkyl or cyclic N) is 1. The van der Waals surface area contributed by atoms with Crippen LogP contribution in [0.5, 0.6) is 5.75 Å². The number of hydrogen-bond donors (Lipinski definition) is 3. The zero-order chi connectivity index (χ0) is 14.8. The maximum Gasteiger partial charge on any atom is 0.130 e. The molecule has 1 atom stereocenters. The Kier molecular flexibility index (Phi) is 4.30. The molecule has 1 aromatic carbocycles. The average molecular weight is 277 g/mol. The molecular weight excluding hydrogens is 254 g/mol. The van der Waals surface area contributed by atoms with E-state index in [9.17, 15) is 5.11 Å². The van der Waals surface area contributed by atoms with Crippen LogP contribution in [0.25, 0.3) is 0 Å². The van der Waals surface area contributed by atoms with Crippen LogP contribution in [-0.2, 0) is 6.54 Å². The van der Waals surface area contributed by atoms with E-state index >= 15 is 0 Å². The molecule has 2 rings (SSSR count). The Bertz CT molecular complexity index is 500. The zero-order valence-electron chi connectivity index (χ0n) is 12.1. The highest BCUT2D eigenvalue weighted by molar-refractivity contribution is 5.97. The van der Waals surface area contributed by atoms with Crippen molar-refractivity contribution in [2.45, 2.75) is 31.9 Å². The van der Waals surface area contributed by atoms with Crippen LogP contribution in [0.15, 0.2) is 18.2 Å². The first-order chi connectivity index (χ1) is 9.41. The van der Waals surface area contributed by atoms with E-state index < -0.39 is 5.60 Å². The first-order valence-electron chi connectivity index (χ1n) is 6.87. The number of piperidine rings is 1. The summed E-state index contributed by atoms with van der Waals surface area (Å²) in [5.41, 5.74) is 6.64. The summed E-state index contributed by atoms with van der Waals surface area (Å²) in [4.78, 5) is 2.24. The third kappa shape index (κ3) is 3.49. The molecule has 5 heteroatoms. The van der Waals surface area contributed by atoms with Gasteiger partial charge in [-0.15, -0.1) is 0 Å². The van der Waals surface area contributed by atoms with Gasteiger partial charge in [-0.3, -0.25) is 10.3 Å². The van der Waals surface area contributed by atoms with Crippen LogP contribution < -0.4 is 10.5 Å². The van der Waals surface area contributed by atoms with Crippen LogP contribution in [0.1, 0.15) is 30.9 Å². The van der Waals surface area contributed by atoms with Gasteiger partial charge in [0.25, 0.3) is 0 Å². The van der Waals surface area contributed by atoms with Gasteiger partial charge in [0.05, 0.1) is 18.3 Å². The molecular formula is C15H23N3O2. The molecule has 0 amide bonds. The molecule has 0 bridgehead atoms. The summed E-state index contributed by atoms with van der Waals surface area (Å²) < 4.78 is 5.29. The fourth-order valence-electron chi connectivity index (χ4n) is 2.77. The maximum absolute atomic E-state index is 10.1. The van der Waals surface area contributed by atoms with E-state index in [1.54, 1.807) is 7.11 Å². The van der Waals surface area contributed by atoms with E-state index in [1.807, 2.05) is 25.1 Å². The Morgan fingerprint density at radius 1 is 1.55 bits per heavy atom. The van der Waals surface area contributed by atoms with Crippen molar-refractivity contribution in [2.24, 2.45) is 5.73 Å². The second kappa shape index (κ2) is 5.81. The lowest BCUT2D eigenvalue weighted by Gasteiger charge is -2.36. The summed E-state index contributed by atoms with van der Waals surface area (Å²) in [6.07, 6.45) is 1.87. The van der Waals surface area contributed by atoms with Gasteiger partial charge in [0.1, 0.15) is 11.6 Å². The van der Waals surface area contributed by atoms with Crippen molar-refractivity contribution in [2.75, 3.05) is 20.2 Å². The van der Waals surface area contributed by atoms with Crippen LogP contribution in [-0.4, -0.2) is 41.6 Å². The molecule has 0 radical (unpaired) electrons. The topological polar surface area (TPSA) is 82.6 Å². The molecule has 0 saturated carbocycles. The molecule has 1 aromatic rings. The number of nitrogens with one attached hydrogen (secondary N) is 1. The minimum absolute atomic E-state index is 0.00862. The van der Waals surface area contributed by atoms with Gasteiger partial charge in [-0.1, -0.05) is 6.07 Å². The fraction of sp³-hybridized carbons (Fsp3) is 0.533. The molecule has 1 aliphatic rings. The van der Waals surface area contributed by atoms with E-state index in [0.29, 0.717) is 17.9 Å². The minimum atomic E-state index is -0.596. The third-order valence-electron chi connectivity index (χ3n) is 3.72. The molecule has 1 aliphatic heterocycles. The Balaban J connectivity index is 2.12. The SMILES string of the molecule is COc1cc(CN2CCCC(C)(O)C2)ccc1C(=N)N. The molecule has 1 fully saturated rings. The van der Waals surface area contributed by atoms with Crippen molar-refractivity contribution in [1.29, 1.82) is 5.41 Å². The molecule has 110 valence electrons. The number of methoxy groups -OCH3 is 1. The number of aliphatic hydroxyl groups is 1. The quantitative estimate of drug-likeness (QED) is 0.572. The standard InChI is InChI=1S/C15H23N3O2/c1-15(19)6-3-7-18(10-15)9-11-4-5-12(14(16)17)13(8-11)20-2/h4-5,8,19H,3,6-7,9-10H2,1-2H3,(H3,16,17). The third-order valence-corrected chi connectivity index (χ3v) is 3.72. The first kappa shape index (κ1) is 14.8. The van der Waals surface area contributed by atoms with Gasteiger partial charge in [0.15, 0.2) is 0 Å². The number of nitrogens with two attached hydrogens (primary N) is 1. The van der Waals surface area contributed by atoms with E-state index in [0.717, 1.165) is 31.5 Å². The average Bonchev–Trinajstić information content (AvgIpc) is 2.37. The van der Waals surface area contributed by atoms with Crippen molar-refractivity contribution < 1.29 is 9.84 Å². The fourth-order valence-corrected chi connectivity index (χ4v) is 2.77. The number of nitrogens with zero attached hydrogens (tertiary/aromatic N) is 1. The number of ether oxygens (including phenoxy) is 1. The summed E-state index contributed by atoms with van der Waals surface area (Å²) in [6.45, 7) is 4.33. The highest BCUT2D eigenvalue weighted by atomic mass is 16.5. The van der Waals surface area contributed by atoms with E-state index in [2.05, 4.69) is 4.90 Å². The van der Waals surface area contributed by atoms with Gasteiger partial charge in [0, 0.05) is 13.1 Å². The number of likely N-dealkylation sites (tertiary alicyclic amines) is 1. The Hall–Kier alpha value is -1.59. The van der Waals surface area contributed by atoms with Crippen molar-refractivity contribution >= 4 is 5.84 Å². The van der Waals surface area contributed by atoms with Crippen LogP contribution in [0.2, 0.25) is 0 Å². The smallest absolute Gasteiger partial charge is 0.130 e. The molecule has 0 aliphatic carbocycles. The number of hydrogen-bond acceptors (Lipinski definition) is 4. The summed E-state index contributed by atoms with van der Waals surface area (Å²) in [7, 11) is 1.58. The molecule has 20 heavy (non-hydrogen) atoms. The van der Waals surface area contributed by atoms with Crippen molar-refractivity contribution in [3.8, 4) is 5.75 Å². The zero-order valence-corrected chi connectivity index (χ0v) is 12.1. The molecule has 1 unspecified atom stereocenters. The van der Waals surface area contributed by atoms with Crippen molar-refractivity contribution in [1.82, 2.24) is 4.90 Å². The minimum Gasteiger partial charge on any atom is -0.496 e. The molecule has 5 nitrogen and oxygen atoms in total. The molecule has 1 saturated heterocycles. The largest absolute Gasteiger partial charge is 0.496 e. The normalized spacial score (nSPS) is 23.6. The Labute approximate surface area is 119 Å². The Morgan fingerprint density at radius 2 is 2.30 bits per heavy atom. The van der Waals surface area contributed by atoms with Crippen LogP contribution in [0.3, 0.4) is 0 Å². The van der Waals surface area contributed by atoms with Gasteiger partial charge < -0.3 is 15.6 Å². The number of nitrogen functional groups attached to an aromatic ring is 1. The van der Waals surface area contributed by atoms with Crippen LogP contribution in [0.4, 0.5) is 0 Å². The highest BCUT2D eigenvalue weighted by Crippen LogP contribution is 2.24. The van der Waals surface area contributed by atoms with E-state index in [-0.39, 0.29) is 5.84 Å². The van der Waals surface area contributed by atoms with Gasteiger partial charge in [-0.25, -0.2) is 0 Å². The predicted molar refractivity (Wildman–Crippen MR) is 79.1 cm³/mol. The van der Waals surface area contributed by atoms with Crippen LogP contribution >= 0.6 is 0 Å².